The first kappa shape index (κ1) is 13.0. The first-order chi connectivity index (χ1) is 7.60. The maximum absolute atomic E-state index is 12.1. The van der Waals surface area contributed by atoms with E-state index in [4.69, 9.17) is 5.26 Å². The van der Waals surface area contributed by atoms with Gasteiger partial charge in [0.1, 0.15) is 5.92 Å². The van der Waals surface area contributed by atoms with Crippen molar-refractivity contribution in [2.45, 2.75) is 32.7 Å². The second-order valence-electron chi connectivity index (χ2n) is 4.58. The van der Waals surface area contributed by atoms with Gasteiger partial charge in [-0.3, -0.25) is 4.79 Å². The first-order valence-corrected chi connectivity index (χ1v) is 5.98. The number of nitrogens with zero attached hydrogens (tertiary/aromatic N) is 3. The van der Waals surface area contributed by atoms with Gasteiger partial charge in [0, 0.05) is 25.7 Å². The predicted molar refractivity (Wildman–Crippen MR) is 62.7 cm³/mol. The molecular formula is C12H21N3O. The lowest BCUT2D eigenvalue weighted by Gasteiger charge is -2.38. The van der Waals surface area contributed by atoms with E-state index in [1.54, 1.807) is 0 Å². The Morgan fingerprint density at radius 3 is 2.75 bits per heavy atom. The molecule has 0 aromatic carbocycles. The lowest BCUT2D eigenvalue weighted by Crippen LogP contribution is -2.53. The van der Waals surface area contributed by atoms with Crippen LogP contribution in [-0.2, 0) is 4.79 Å². The van der Waals surface area contributed by atoms with Crippen molar-refractivity contribution in [1.82, 2.24) is 9.80 Å². The van der Waals surface area contributed by atoms with Crippen molar-refractivity contribution in [3.05, 3.63) is 0 Å². The van der Waals surface area contributed by atoms with E-state index in [1.165, 1.54) is 0 Å². The molecular weight excluding hydrogens is 202 g/mol. The van der Waals surface area contributed by atoms with E-state index in [1.807, 2.05) is 11.8 Å². The van der Waals surface area contributed by atoms with Crippen LogP contribution in [0.5, 0.6) is 0 Å². The number of hydrogen-bond acceptors (Lipinski definition) is 3. The average Bonchev–Trinajstić information content (AvgIpc) is 2.28. The largest absolute Gasteiger partial charge is 0.339 e. The van der Waals surface area contributed by atoms with Gasteiger partial charge < -0.3 is 9.80 Å². The summed E-state index contributed by atoms with van der Waals surface area (Å²) in [5, 5.41) is 8.97. The molecule has 0 spiro atoms. The third kappa shape index (κ3) is 2.96. The minimum atomic E-state index is -0.444. The lowest BCUT2D eigenvalue weighted by molar-refractivity contribution is -0.136. The van der Waals surface area contributed by atoms with Crippen molar-refractivity contribution in [2.75, 3.05) is 26.7 Å². The molecule has 0 aliphatic carbocycles. The van der Waals surface area contributed by atoms with Gasteiger partial charge >= 0.3 is 0 Å². The van der Waals surface area contributed by atoms with Crippen LogP contribution in [0.1, 0.15) is 26.7 Å². The molecule has 1 fully saturated rings. The number of likely N-dealkylation sites (N-methyl/N-ethyl adjacent to an activating group) is 1. The standard InChI is InChI=1S/C12H21N3O/c1-4-5-11(8-13)12(16)15-7-6-14(3)10(2)9-15/h10-11H,4-7,9H2,1-3H3. The highest BCUT2D eigenvalue weighted by atomic mass is 16.2. The van der Waals surface area contributed by atoms with Crippen LogP contribution in [-0.4, -0.2) is 48.4 Å². The molecule has 0 bridgehead atoms. The Bertz CT molecular complexity index is 284. The van der Waals surface area contributed by atoms with E-state index in [0.29, 0.717) is 12.5 Å². The molecule has 0 radical (unpaired) electrons. The highest BCUT2D eigenvalue weighted by Gasteiger charge is 2.28. The van der Waals surface area contributed by atoms with Crippen LogP contribution >= 0.6 is 0 Å². The molecule has 1 rings (SSSR count). The Balaban J connectivity index is 2.57. The fraction of sp³-hybridized carbons (Fsp3) is 0.833. The van der Waals surface area contributed by atoms with Crippen LogP contribution in [0.2, 0.25) is 0 Å². The summed E-state index contributed by atoms with van der Waals surface area (Å²) in [7, 11) is 2.07. The fourth-order valence-electron chi connectivity index (χ4n) is 2.00. The summed E-state index contributed by atoms with van der Waals surface area (Å²) in [4.78, 5) is 16.1. The molecule has 4 nitrogen and oxygen atoms in total. The van der Waals surface area contributed by atoms with Gasteiger partial charge in [-0.15, -0.1) is 0 Å². The molecule has 2 unspecified atom stereocenters. The lowest BCUT2D eigenvalue weighted by atomic mass is 10.0. The van der Waals surface area contributed by atoms with Crippen molar-refractivity contribution in [2.24, 2.45) is 5.92 Å². The number of carbonyl (C=O) groups excluding carboxylic acids is 1. The van der Waals surface area contributed by atoms with Gasteiger partial charge in [-0.1, -0.05) is 13.3 Å². The summed E-state index contributed by atoms with van der Waals surface area (Å²) in [6.45, 7) is 6.51. The summed E-state index contributed by atoms with van der Waals surface area (Å²) < 4.78 is 0. The molecule has 1 saturated heterocycles. The highest BCUT2D eigenvalue weighted by molar-refractivity contribution is 5.81. The topological polar surface area (TPSA) is 47.3 Å². The Morgan fingerprint density at radius 2 is 2.25 bits per heavy atom. The van der Waals surface area contributed by atoms with E-state index in [9.17, 15) is 4.79 Å². The van der Waals surface area contributed by atoms with Crippen LogP contribution in [0, 0.1) is 17.2 Å². The maximum Gasteiger partial charge on any atom is 0.240 e. The van der Waals surface area contributed by atoms with Gasteiger partial charge in [-0.25, -0.2) is 0 Å². The van der Waals surface area contributed by atoms with Crippen LogP contribution in [0.3, 0.4) is 0 Å². The van der Waals surface area contributed by atoms with Gasteiger partial charge in [0.05, 0.1) is 6.07 Å². The van der Waals surface area contributed by atoms with Crippen molar-refractivity contribution in [3.63, 3.8) is 0 Å². The van der Waals surface area contributed by atoms with Gasteiger partial charge in [0.25, 0.3) is 0 Å². The Hall–Kier alpha value is -1.08. The molecule has 2 atom stereocenters. The monoisotopic (exact) mass is 223 g/mol. The zero-order chi connectivity index (χ0) is 12.1. The van der Waals surface area contributed by atoms with Crippen molar-refractivity contribution >= 4 is 5.91 Å². The zero-order valence-corrected chi connectivity index (χ0v) is 10.4. The van der Waals surface area contributed by atoms with Crippen molar-refractivity contribution in [1.29, 1.82) is 5.26 Å². The van der Waals surface area contributed by atoms with Gasteiger partial charge in [0.15, 0.2) is 0 Å². The normalized spacial score (nSPS) is 23.9. The predicted octanol–water partition coefficient (Wildman–Crippen LogP) is 1.09. The van der Waals surface area contributed by atoms with Crippen LogP contribution in [0.25, 0.3) is 0 Å². The molecule has 1 heterocycles. The third-order valence-corrected chi connectivity index (χ3v) is 3.30. The summed E-state index contributed by atoms with van der Waals surface area (Å²) >= 11 is 0. The van der Waals surface area contributed by atoms with Crippen molar-refractivity contribution in [3.8, 4) is 6.07 Å². The Labute approximate surface area is 97.8 Å². The minimum Gasteiger partial charge on any atom is -0.339 e. The second kappa shape index (κ2) is 5.86. The fourth-order valence-corrected chi connectivity index (χ4v) is 2.00. The number of rotatable bonds is 3. The average molecular weight is 223 g/mol. The quantitative estimate of drug-likeness (QED) is 0.719. The number of hydrogen-bond donors (Lipinski definition) is 0. The Morgan fingerprint density at radius 1 is 1.56 bits per heavy atom. The second-order valence-corrected chi connectivity index (χ2v) is 4.58. The third-order valence-electron chi connectivity index (χ3n) is 3.30. The SMILES string of the molecule is CCCC(C#N)C(=O)N1CCN(C)C(C)C1. The molecule has 1 aliphatic heterocycles. The summed E-state index contributed by atoms with van der Waals surface area (Å²) in [5.41, 5.74) is 0. The van der Waals surface area contributed by atoms with E-state index < -0.39 is 5.92 Å². The van der Waals surface area contributed by atoms with Crippen LogP contribution in [0.15, 0.2) is 0 Å². The minimum absolute atomic E-state index is 0.0179. The van der Waals surface area contributed by atoms with E-state index in [-0.39, 0.29) is 5.91 Å². The number of amides is 1. The summed E-state index contributed by atoms with van der Waals surface area (Å²) in [6.07, 6.45) is 1.56. The zero-order valence-electron chi connectivity index (χ0n) is 10.4. The maximum atomic E-state index is 12.1. The molecule has 90 valence electrons. The summed E-state index contributed by atoms with van der Waals surface area (Å²) in [5.74, 6) is -0.426. The van der Waals surface area contributed by atoms with E-state index in [0.717, 1.165) is 26.1 Å². The highest BCUT2D eigenvalue weighted by Crippen LogP contribution is 2.14. The van der Waals surface area contributed by atoms with Gasteiger partial charge in [-0.2, -0.15) is 5.26 Å². The van der Waals surface area contributed by atoms with Crippen LogP contribution < -0.4 is 0 Å². The Kier molecular flexibility index (Phi) is 4.75. The molecule has 0 aromatic heterocycles. The van der Waals surface area contributed by atoms with Gasteiger partial charge in [-0.05, 0) is 20.4 Å². The first-order valence-electron chi connectivity index (χ1n) is 5.98. The van der Waals surface area contributed by atoms with E-state index in [2.05, 4.69) is 24.9 Å². The molecule has 0 N–H and O–H groups in total. The molecule has 0 saturated carbocycles. The number of carbonyl (C=O) groups is 1. The van der Waals surface area contributed by atoms with E-state index >= 15 is 0 Å². The number of piperazine rings is 1. The van der Waals surface area contributed by atoms with Crippen molar-refractivity contribution < 1.29 is 4.79 Å². The molecule has 1 amide bonds. The smallest absolute Gasteiger partial charge is 0.240 e. The molecule has 1 aliphatic rings. The molecule has 4 heteroatoms. The molecule has 16 heavy (non-hydrogen) atoms. The number of nitriles is 1. The van der Waals surface area contributed by atoms with Crippen LogP contribution in [0.4, 0.5) is 0 Å². The molecule has 0 aromatic rings. The van der Waals surface area contributed by atoms with Gasteiger partial charge in [0.2, 0.25) is 5.91 Å². The summed E-state index contributed by atoms with van der Waals surface area (Å²) in [6, 6.07) is 2.51.